The van der Waals surface area contributed by atoms with Gasteiger partial charge in [-0.1, -0.05) is 18.2 Å². The maximum atomic E-state index is 14.2. The lowest BCUT2D eigenvalue weighted by molar-refractivity contribution is -0.103. The molecule has 1 aromatic carbocycles. The molecule has 2 heterocycles. The van der Waals surface area contributed by atoms with E-state index in [0.29, 0.717) is 0 Å². The number of piperidine rings is 1. The van der Waals surface area contributed by atoms with Crippen LogP contribution in [-0.2, 0) is 4.74 Å². The number of ether oxygens (including phenoxy) is 1. The number of nitrogens with one attached hydrogen (secondary N) is 1. The molecule has 3 heteroatoms. The van der Waals surface area contributed by atoms with Crippen molar-refractivity contribution in [1.29, 1.82) is 0 Å². The Morgan fingerprint density at radius 1 is 1.20 bits per heavy atom. The third kappa shape index (κ3) is 2.49. The Balaban J connectivity index is 1.97. The van der Waals surface area contributed by atoms with Gasteiger partial charge in [-0.15, -0.1) is 0 Å². The van der Waals surface area contributed by atoms with Crippen LogP contribution in [0.3, 0.4) is 0 Å². The van der Waals surface area contributed by atoms with E-state index in [0.717, 1.165) is 37.9 Å². The quantitative estimate of drug-likeness (QED) is 0.848. The molecule has 110 valence electrons. The van der Waals surface area contributed by atoms with Crippen LogP contribution in [0.15, 0.2) is 24.3 Å². The van der Waals surface area contributed by atoms with Crippen LogP contribution < -0.4 is 5.32 Å². The van der Waals surface area contributed by atoms with Gasteiger partial charge in [0, 0.05) is 12.5 Å². The number of hydrogen-bond acceptors (Lipinski definition) is 2. The number of rotatable bonds is 1. The third-order valence-corrected chi connectivity index (χ3v) is 5.02. The van der Waals surface area contributed by atoms with E-state index < -0.39 is 0 Å². The number of hydrogen-bond donors (Lipinski definition) is 1. The van der Waals surface area contributed by atoms with E-state index in [9.17, 15) is 4.39 Å². The summed E-state index contributed by atoms with van der Waals surface area (Å²) >= 11 is 0. The fraction of sp³-hybridized carbons (Fsp3) is 0.647. The van der Waals surface area contributed by atoms with Gasteiger partial charge in [0.2, 0.25) is 0 Å². The van der Waals surface area contributed by atoms with Gasteiger partial charge in [0.25, 0.3) is 0 Å². The molecule has 0 aromatic heterocycles. The fourth-order valence-electron chi connectivity index (χ4n) is 4.38. The zero-order valence-corrected chi connectivity index (χ0v) is 12.4. The summed E-state index contributed by atoms with van der Waals surface area (Å²) in [5.74, 6) is 0.193. The van der Waals surface area contributed by atoms with E-state index in [1.807, 2.05) is 12.1 Å². The van der Waals surface area contributed by atoms with E-state index in [1.54, 1.807) is 12.1 Å². The minimum absolute atomic E-state index is 0.0626. The van der Waals surface area contributed by atoms with E-state index in [2.05, 4.69) is 19.2 Å². The highest BCUT2D eigenvalue weighted by Gasteiger charge is 2.46. The van der Waals surface area contributed by atoms with Crippen molar-refractivity contribution in [2.24, 2.45) is 5.41 Å². The summed E-state index contributed by atoms with van der Waals surface area (Å²) in [6.45, 7) is 6.21. The molecule has 0 amide bonds. The first-order chi connectivity index (χ1) is 9.61. The van der Waals surface area contributed by atoms with Gasteiger partial charge in [-0.2, -0.15) is 0 Å². The van der Waals surface area contributed by atoms with E-state index in [1.165, 1.54) is 0 Å². The Morgan fingerprint density at radius 3 is 2.60 bits per heavy atom. The Bertz CT molecular complexity index is 466. The molecule has 3 unspecified atom stereocenters. The fourth-order valence-corrected chi connectivity index (χ4v) is 4.38. The summed E-state index contributed by atoms with van der Waals surface area (Å²) in [7, 11) is 0. The van der Waals surface area contributed by atoms with Gasteiger partial charge in [-0.25, -0.2) is 4.39 Å². The summed E-state index contributed by atoms with van der Waals surface area (Å²) < 4.78 is 20.2. The molecule has 0 aliphatic carbocycles. The largest absolute Gasteiger partial charge is 0.376 e. The van der Waals surface area contributed by atoms with Crippen LogP contribution in [0.25, 0.3) is 0 Å². The van der Waals surface area contributed by atoms with Gasteiger partial charge in [-0.3, -0.25) is 0 Å². The van der Waals surface area contributed by atoms with E-state index in [4.69, 9.17) is 4.74 Å². The summed E-state index contributed by atoms with van der Waals surface area (Å²) in [5, 5.41) is 3.45. The first-order valence-electron chi connectivity index (χ1n) is 7.71. The number of halogens is 1. The maximum Gasteiger partial charge on any atom is 0.126 e. The molecule has 3 rings (SSSR count). The second-order valence-corrected chi connectivity index (χ2v) is 6.56. The highest BCUT2D eigenvalue weighted by molar-refractivity contribution is 5.26. The minimum atomic E-state index is -0.0626. The maximum absolute atomic E-state index is 14.2. The molecular formula is C17H24FNO. The summed E-state index contributed by atoms with van der Waals surface area (Å²) in [6.07, 6.45) is 3.73. The van der Waals surface area contributed by atoms with Crippen molar-refractivity contribution in [3.05, 3.63) is 35.6 Å². The zero-order valence-electron chi connectivity index (χ0n) is 12.4. The van der Waals surface area contributed by atoms with Gasteiger partial charge in [0.05, 0.1) is 12.2 Å². The summed E-state index contributed by atoms with van der Waals surface area (Å²) in [6, 6.07) is 7.27. The molecule has 1 aromatic rings. The SMILES string of the molecule is CC1CC2(CCNCC2c2ccccc2F)CC(C)O1. The number of benzene rings is 1. The molecule has 0 bridgehead atoms. The van der Waals surface area contributed by atoms with Crippen LogP contribution in [-0.4, -0.2) is 25.3 Å². The van der Waals surface area contributed by atoms with Crippen molar-refractivity contribution in [2.75, 3.05) is 13.1 Å². The Morgan fingerprint density at radius 2 is 1.90 bits per heavy atom. The highest BCUT2D eigenvalue weighted by Crippen LogP contribution is 2.51. The van der Waals surface area contributed by atoms with Gasteiger partial charge in [-0.05, 0) is 56.7 Å². The molecule has 20 heavy (non-hydrogen) atoms. The molecule has 3 atom stereocenters. The summed E-state index contributed by atoms with van der Waals surface area (Å²) in [5.41, 5.74) is 1.06. The topological polar surface area (TPSA) is 21.3 Å². The molecule has 2 fully saturated rings. The van der Waals surface area contributed by atoms with Gasteiger partial charge in [0.15, 0.2) is 0 Å². The molecule has 0 radical (unpaired) electrons. The standard InChI is InChI=1S/C17H24FNO/c1-12-9-17(10-13(2)20-12)7-8-19-11-15(17)14-5-3-4-6-16(14)18/h3-6,12-13,15,19H,7-11H2,1-2H3. The van der Waals surface area contributed by atoms with Crippen LogP contribution in [0.1, 0.15) is 44.6 Å². The molecule has 2 aliphatic rings. The Labute approximate surface area is 120 Å². The third-order valence-electron chi connectivity index (χ3n) is 5.02. The van der Waals surface area contributed by atoms with Crippen LogP contribution in [0.4, 0.5) is 4.39 Å². The molecular weight excluding hydrogens is 253 g/mol. The molecule has 2 nitrogen and oxygen atoms in total. The molecule has 2 aliphatic heterocycles. The minimum Gasteiger partial charge on any atom is -0.376 e. The second kappa shape index (κ2) is 5.45. The highest BCUT2D eigenvalue weighted by atomic mass is 19.1. The Kier molecular flexibility index (Phi) is 3.83. The van der Waals surface area contributed by atoms with Crippen LogP contribution >= 0.6 is 0 Å². The van der Waals surface area contributed by atoms with Crippen molar-refractivity contribution >= 4 is 0 Å². The molecule has 0 saturated carbocycles. The molecule has 1 spiro atoms. The smallest absolute Gasteiger partial charge is 0.126 e. The van der Waals surface area contributed by atoms with Gasteiger partial charge >= 0.3 is 0 Å². The molecule has 1 N–H and O–H groups in total. The van der Waals surface area contributed by atoms with Crippen molar-refractivity contribution < 1.29 is 9.13 Å². The average Bonchev–Trinajstić information content (AvgIpc) is 2.39. The van der Waals surface area contributed by atoms with Crippen molar-refractivity contribution in [1.82, 2.24) is 5.32 Å². The zero-order chi connectivity index (χ0) is 14.2. The molecule has 2 saturated heterocycles. The van der Waals surface area contributed by atoms with Crippen molar-refractivity contribution in [3.8, 4) is 0 Å². The van der Waals surface area contributed by atoms with Crippen molar-refractivity contribution in [2.45, 2.75) is 51.2 Å². The first kappa shape index (κ1) is 14.0. The van der Waals surface area contributed by atoms with Crippen LogP contribution in [0.5, 0.6) is 0 Å². The lowest BCUT2D eigenvalue weighted by Crippen LogP contribution is -2.50. The predicted octanol–water partition coefficient (Wildman–Crippen LogP) is 3.48. The average molecular weight is 277 g/mol. The lowest BCUT2D eigenvalue weighted by atomic mass is 9.61. The van der Waals surface area contributed by atoms with Crippen LogP contribution in [0.2, 0.25) is 0 Å². The normalized spacial score (nSPS) is 38.0. The lowest BCUT2D eigenvalue weighted by Gasteiger charge is -2.50. The van der Waals surface area contributed by atoms with E-state index >= 15 is 0 Å². The predicted molar refractivity (Wildman–Crippen MR) is 78.3 cm³/mol. The second-order valence-electron chi connectivity index (χ2n) is 6.56. The van der Waals surface area contributed by atoms with Gasteiger partial charge < -0.3 is 10.1 Å². The van der Waals surface area contributed by atoms with Crippen LogP contribution in [0, 0.1) is 11.2 Å². The Hall–Kier alpha value is -0.930. The van der Waals surface area contributed by atoms with Crippen molar-refractivity contribution in [3.63, 3.8) is 0 Å². The monoisotopic (exact) mass is 277 g/mol. The summed E-state index contributed by atoms with van der Waals surface area (Å²) in [4.78, 5) is 0. The van der Waals surface area contributed by atoms with E-state index in [-0.39, 0.29) is 29.4 Å². The first-order valence-corrected chi connectivity index (χ1v) is 7.71. The van der Waals surface area contributed by atoms with Gasteiger partial charge in [0.1, 0.15) is 5.82 Å².